The first-order chi connectivity index (χ1) is 14.0. The zero-order chi connectivity index (χ0) is 20.4. The van der Waals surface area contributed by atoms with Crippen LogP contribution in [0.25, 0.3) is 0 Å². The molecule has 0 unspecified atom stereocenters. The lowest BCUT2D eigenvalue weighted by Gasteiger charge is -2.32. The third-order valence-corrected chi connectivity index (χ3v) is 5.45. The van der Waals surface area contributed by atoms with E-state index in [9.17, 15) is 4.79 Å². The second-order valence-corrected chi connectivity index (χ2v) is 8.25. The van der Waals surface area contributed by atoms with Crippen LogP contribution in [0.3, 0.4) is 0 Å². The minimum absolute atomic E-state index is 0.143. The fraction of sp³-hybridized carbons (Fsp3) is 0.458. The van der Waals surface area contributed by atoms with Gasteiger partial charge in [0.15, 0.2) is 0 Å². The molecule has 0 aliphatic carbocycles. The predicted octanol–water partition coefficient (Wildman–Crippen LogP) is 4.56. The molecule has 2 heterocycles. The Bertz CT molecular complexity index is 869. The van der Waals surface area contributed by atoms with Crippen molar-refractivity contribution in [1.82, 2.24) is 0 Å². The number of hydrogen-bond donors (Lipinski definition) is 0. The van der Waals surface area contributed by atoms with Crippen molar-refractivity contribution >= 4 is 11.6 Å². The van der Waals surface area contributed by atoms with Crippen molar-refractivity contribution in [2.75, 3.05) is 24.7 Å². The molecule has 0 radical (unpaired) electrons. The van der Waals surface area contributed by atoms with E-state index in [1.165, 1.54) is 0 Å². The SMILES string of the molecule is Cc1ccc2c(c1)C1(OCCCO1)C(=O)N2Cc1ccc(OCCC(C)C)cc1. The predicted molar refractivity (Wildman–Crippen MR) is 112 cm³/mol. The smallest absolute Gasteiger partial charge is 0.292 e. The van der Waals surface area contributed by atoms with E-state index in [-0.39, 0.29) is 5.91 Å². The first kappa shape index (κ1) is 19.9. The monoisotopic (exact) mass is 395 g/mol. The van der Waals surface area contributed by atoms with Gasteiger partial charge >= 0.3 is 0 Å². The third-order valence-electron chi connectivity index (χ3n) is 5.45. The van der Waals surface area contributed by atoms with Crippen LogP contribution >= 0.6 is 0 Å². The van der Waals surface area contributed by atoms with Crippen molar-refractivity contribution in [3.05, 3.63) is 59.2 Å². The number of nitrogens with zero attached hydrogens (tertiary/aromatic N) is 1. The van der Waals surface area contributed by atoms with Gasteiger partial charge in [0.05, 0.1) is 32.1 Å². The normalized spacial score (nSPS) is 17.8. The second-order valence-electron chi connectivity index (χ2n) is 8.25. The average molecular weight is 395 g/mol. The highest BCUT2D eigenvalue weighted by Gasteiger charge is 2.54. The minimum atomic E-state index is -1.29. The number of hydrogen-bond acceptors (Lipinski definition) is 4. The van der Waals surface area contributed by atoms with Gasteiger partial charge < -0.3 is 19.1 Å². The Morgan fingerprint density at radius 3 is 2.52 bits per heavy atom. The quantitative estimate of drug-likeness (QED) is 0.720. The van der Waals surface area contributed by atoms with Gasteiger partial charge in [-0.3, -0.25) is 4.79 Å². The molecule has 1 spiro atoms. The highest BCUT2D eigenvalue weighted by Crippen LogP contribution is 2.46. The van der Waals surface area contributed by atoms with E-state index >= 15 is 0 Å². The number of carbonyl (C=O) groups excluding carboxylic acids is 1. The lowest BCUT2D eigenvalue weighted by molar-refractivity contribution is -0.256. The van der Waals surface area contributed by atoms with Gasteiger partial charge in [-0.15, -0.1) is 0 Å². The summed E-state index contributed by atoms with van der Waals surface area (Å²) in [7, 11) is 0. The lowest BCUT2D eigenvalue weighted by Crippen LogP contribution is -2.47. The van der Waals surface area contributed by atoms with Crippen LogP contribution in [-0.4, -0.2) is 25.7 Å². The number of amides is 1. The molecule has 2 aromatic carbocycles. The summed E-state index contributed by atoms with van der Waals surface area (Å²) in [5, 5.41) is 0. The number of fused-ring (bicyclic) bond motifs is 2. The third kappa shape index (κ3) is 3.89. The number of carbonyl (C=O) groups is 1. The second kappa shape index (κ2) is 8.17. The Morgan fingerprint density at radius 2 is 1.83 bits per heavy atom. The van der Waals surface area contributed by atoms with Crippen molar-refractivity contribution < 1.29 is 19.0 Å². The molecule has 0 aromatic heterocycles. The molecule has 0 atom stereocenters. The van der Waals surface area contributed by atoms with Crippen LogP contribution in [0.2, 0.25) is 0 Å². The first-order valence-electron chi connectivity index (χ1n) is 10.4. The van der Waals surface area contributed by atoms with Crippen molar-refractivity contribution in [2.45, 2.75) is 45.9 Å². The number of rotatable bonds is 6. The van der Waals surface area contributed by atoms with Crippen LogP contribution in [-0.2, 0) is 26.6 Å². The lowest BCUT2D eigenvalue weighted by atomic mass is 10.0. The summed E-state index contributed by atoms with van der Waals surface area (Å²) in [4.78, 5) is 15.2. The molecule has 0 bridgehead atoms. The zero-order valence-electron chi connectivity index (χ0n) is 17.4. The summed E-state index contributed by atoms with van der Waals surface area (Å²) < 4.78 is 17.7. The van der Waals surface area contributed by atoms with E-state index < -0.39 is 5.79 Å². The molecule has 1 amide bonds. The minimum Gasteiger partial charge on any atom is -0.494 e. The standard InChI is InChI=1S/C24H29NO4/c1-17(2)11-14-27-20-8-6-19(7-9-20)16-25-22-10-5-18(3)15-21(22)24(23(25)26)28-12-4-13-29-24/h5-10,15,17H,4,11-14,16H2,1-3H3. The molecule has 2 aromatic rings. The van der Waals surface area contributed by atoms with Gasteiger partial charge in [0, 0.05) is 5.56 Å². The maximum absolute atomic E-state index is 13.4. The Morgan fingerprint density at radius 1 is 1.10 bits per heavy atom. The van der Waals surface area contributed by atoms with E-state index in [0.29, 0.717) is 32.3 Å². The molecule has 5 heteroatoms. The van der Waals surface area contributed by atoms with E-state index in [4.69, 9.17) is 14.2 Å². The van der Waals surface area contributed by atoms with Gasteiger partial charge in [0.2, 0.25) is 0 Å². The molecule has 2 aliphatic rings. The maximum Gasteiger partial charge on any atom is 0.292 e. The number of anilines is 1. The maximum atomic E-state index is 13.4. The Hall–Kier alpha value is -2.37. The molecular formula is C24H29NO4. The molecule has 5 nitrogen and oxygen atoms in total. The van der Waals surface area contributed by atoms with Crippen LogP contribution in [0.4, 0.5) is 5.69 Å². The Balaban J connectivity index is 1.54. The van der Waals surface area contributed by atoms with Gasteiger partial charge in [-0.1, -0.05) is 37.6 Å². The van der Waals surface area contributed by atoms with Crippen molar-refractivity contribution in [1.29, 1.82) is 0 Å². The average Bonchev–Trinajstić information content (AvgIpc) is 2.92. The van der Waals surface area contributed by atoms with Crippen LogP contribution < -0.4 is 9.64 Å². The van der Waals surface area contributed by atoms with E-state index in [2.05, 4.69) is 13.8 Å². The topological polar surface area (TPSA) is 48.0 Å². The highest BCUT2D eigenvalue weighted by molar-refractivity contribution is 6.06. The first-order valence-corrected chi connectivity index (χ1v) is 10.4. The summed E-state index contributed by atoms with van der Waals surface area (Å²) >= 11 is 0. The van der Waals surface area contributed by atoms with Gasteiger partial charge in [0.1, 0.15) is 5.75 Å². The molecule has 4 rings (SSSR count). The van der Waals surface area contributed by atoms with Crippen LogP contribution in [0, 0.1) is 12.8 Å². The van der Waals surface area contributed by atoms with Gasteiger partial charge in [-0.25, -0.2) is 0 Å². The summed E-state index contributed by atoms with van der Waals surface area (Å²) in [6.07, 6.45) is 1.83. The number of ether oxygens (including phenoxy) is 3. The van der Waals surface area contributed by atoms with Gasteiger partial charge in [-0.05, 0) is 55.5 Å². The highest BCUT2D eigenvalue weighted by atomic mass is 16.7. The summed E-state index contributed by atoms with van der Waals surface area (Å²) in [5.74, 6) is 0.0406. The molecule has 0 saturated carbocycles. The van der Waals surface area contributed by atoms with Crippen molar-refractivity contribution in [3.63, 3.8) is 0 Å². The molecule has 1 saturated heterocycles. The van der Waals surface area contributed by atoms with Crippen molar-refractivity contribution in [2.24, 2.45) is 5.92 Å². The van der Waals surface area contributed by atoms with Crippen LogP contribution in [0.5, 0.6) is 5.75 Å². The van der Waals surface area contributed by atoms with E-state index in [0.717, 1.165) is 41.0 Å². The number of benzene rings is 2. The van der Waals surface area contributed by atoms with E-state index in [1.807, 2.05) is 49.4 Å². The molecule has 0 N–H and O–H groups in total. The molecule has 2 aliphatic heterocycles. The largest absolute Gasteiger partial charge is 0.494 e. The fourth-order valence-electron chi connectivity index (χ4n) is 3.81. The van der Waals surface area contributed by atoms with Crippen LogP contribution in [0.1, 0.15) is 43.4 Å². The van der Waals surface area contributed by atoms with Gasteiger partial charge in [0.25, 0.3) is 11.7 Å². The zero-order valence-corrected chi connectivity index (χ0v) is 17.4. The Labute approximate surface area is 172 Å². The van der Waals surface area contributed by atoms with Crippen molar-refractivity contribution in [3.8, 4) is 5.75 Å². The summed E-state index contributed by atoms with van der Waals surface area (Å²) in [6, 6.07) is 14.0. The molecule has 29 heavy (non-hydrogen) atoms. The molecule has 1 fully saturated rings. The fourth-order valence-corrected chi connectivity index (χ4v) is 3.81. The Kier molecular flexibility index (Phi) is 5.61. The summed E-state index contributed by atoms with van der Waals surface area (Å²) in [6.45, 7) is 8.62. The van der Waals surface area contributed by atoms with Crippen LogP contribution in [0.15, 0.2) is 42.5 Å². The number of aryl methyl sites for hydroxylation is 1. The van der Waals surface area contributed by atoms with E-state index in [1.54, 1.807) is 4.90 Å². The van der Waals surface area contributed by atoms with Gasteiger partial charge in [-0.2, -0.15) is 0 Å². The molecule has 154 valence electrons. The summed E-state index contributed by atoms with van der Waals surface area (Å²) in [5.41, 5.74) is 3.79. The molecular weight excluding hydrogens is 366 g/mol.